The van der Waals surface area contributed by atoms with Crippen molar-refractivity contribution >= 4 is 11.0 Å². The fraction of sp³-hybridized carbons (Fsp3) is 0.500. The third-order valence-electron chi connectivity index (χ3n) is 5.11. The molecule has 0 saturated heterocycles. The third kappa shape index (κ3) is 2.75. The molecule has 2 atom stereocenters. The second-order valence-corrected chi connectivity index (χ2v) is 6.63. The summed E-state index contributed by atoms with van der Waals surface area (Å²) < 4.78 is 7.49. The summed E-state index contributed by atoms with van der Waals surface area (Å²) in [4.78, 5) is 17.5. The Morgan fingerprint density at radius 1 is 1.43 bits per heavy atom. The van der Waals surface area contributed by atoms with Gasteiger partial charge in [0.15, 0.2) is 0 Å². The zero-order valence-corrected chi connectivity index (χ0v) is 13.5. The highest BCUT2D eigenvalue weighted by atomic mass is 16.5. The van der Waals surface area contributed by atoms with Crippen LogP contribution < -0.4 is 5.69 Å². The maximum Gasteiger partial charge on any atom is 0.326 e. The summed E-state index contributed by atoms with van der Waals surface area (Å²) in [6, 6.07) is 6.53. The Morgan fingerprint density at radius 3 is 3.17 bits per heavy atom. The minimum absolute atomic E-state index is 0.00930. The van der Waals surface area contributed by atoms with E-state index in [-0.39, 0.29) is 5.69 Å². The average Bonchev–Trinajstić information content (AvgIpc) is 3.17. The van der Waals surface area contributed by atoms with Gasteiger partial charge < -0.3 is 14.6 Å². The summed E-state index contributed by atoms with van der Waals surface area (Å²) in [6.07, 6.45) is 7.73. The molecule has 1 aromatic heterocycles. The summed E-state index contributed by atoms with van der Waals surface area (Å²) in [6.45, 7) is 2.56. The van der Waals surface area contributed by atoms with Gasteiger partial charge in [0.1, 0.15) is 0 Å². The Labute approximate surface area is 135 Å². The minimum Gasteiger partial charge on any atom is -0.370 e. The zero-order chi connectivity index (χ0) is 15.8. The first kappa shape index (κ1) is 14.7. The average molecular weight is 313 g/mol. The molecular weight excluding hydrogens is 290 g/mol. The number of hydrogen-bond donors (Lipinski definition) is 1. The molecule has 0 spiro atoms. The fourth-order valence-electron chi connectivity index (χ4n) is 3.80. The number of rotatable bonds is 5. The summed E-state index contributed by atoms with van der Waals surface area (Å²) in [5.74, 6) is 0. The number of ether oxygens (including phenoxy) is 1. The van der Waals surface area contributed by atoms with Crippen molar-refractivity contribution in [1.29, 1.82) is 0 Å². The number of para-hydroxylation sites is 1. The number of benzene rings is 1. The van der Waals surface area contributed by atoms with Crippen molar-refractivity contribution in [3.63, 3.8) is 0 Å². The Kier molecular flexibility index (Phi) is 3.83. The molecule has 1 aromatic carbocycles. The van der Waals surface area contributed by atoms with Crippen LogP contribution in [0, 0.1) is 0 Å². The Morgan fingerprint density at radius 2 is 2.35 bits per heavy atom. The van der Waals surface area contributed by atoms with Gasteiger partial charge in [-0.15, -0.1) is 0 Å². The molecule has 0 radical (unpaired) electrons. The van der Waals surface area contributed by atoms with E-state index in [9.17, 15) is 4.79 Å². The van der Waals surface area contributed by atoms with E-state index in [4.69, 9.17) is 4.74 Å². The van der Waals surface area contributed by atoms with E-state index in [1.165, 1.54) is 5.56 Å². The van der Waals surface area contributed by atoms with Crippen LogP contribution in [0.5, 0.6) is 0 Å². The van der Waals surface area contributed by atoms with Gasteiger partial charge in [0.05, 0.1) is 23.7 Å². The number of likely N-dealkylation sites (N-methyl/N-ethyl adjacent to an activating group) is 1. The van der Waals surface area contributed by atoms with Crippen LogP contribution in [0.15, 0.2) is 35.1 Å². The number of nitrogens with zero attached hydrogens (tertiary/aromatic N) is 2. The van der Waals surface area contributed by atoms with Crippen LogP contribution in [0.25, 0.3) is 11.0 Å². The van der Waals surface area contributed by atoms with Crippen LogP contribution in [0.3, 0.4) is 0 Å². The van der Waals surface area contributed by atoms with Crippen LogP contribution in [-0.4, -0.2) is 46.8 Å². The van der Waals surface area contributed by atoms with Gasteiger partial charge in [-0.3, -0.25) is 4.57 Å². The van der Waals surface area contributed by atoms with Gasteiger partial charge in [-0.2, -0.15) is 0 Å². The lowest BCUT2D eigenvalue weighted by Gasteiger charge is -2.32. The van der Waals surface area contributed by atoms with Crippen molar-refractivity contribution in [2.24, 2.45) is 0 Å². The SMILES string of the molecule is CN(CCCC1C=CCO1)[C@@H]1Cc2cccc3[nH]c(=O)n(c23)C1. The van der Waals surface area contributed by atoms with E-state index in [0.717, 1.165) is 50.0 Å². The molecule has 1 unspecified atom stereocenters. The van der Waals surface area contributed by atoms with Crippen molar-refractivity contribution < 1.29 is 4.74 Å². The molecule has 23 heavy (non-hydrogen) atoms. The first-order valence-corrected chi connectivity index (χ1v) is 8.41. The first-order chi connectivity index (χ1) is 11.2. The lowest BCUT2D eigenvalue weighted by molar-refractivity contribution is 0.113. The molecule has 0 fully saturated rings. The quantitative estimate of drug-likeness (QED) is 0.858. The molecule has 5 nitrogen and oxygen atoms in total. The summed E-state index contributed by atoms with van der Waals surface area (Å²) in [5, 5.41) is 0. The van der Waals surface area contributed by atoms with Gasteiger partial charge in [0.2, 0.25) is 0 Å². The topological polar surface area (TPSA) is 50.3 Å². The zero-order valence-electron chi connectivity index (χ0n) is 13.5. The summed E-state index contributed by atoms with van der Waals surface area (Å²) in [7, 11) is 2.17. The molecule has 0 bridgehead atoms. The Balaban J connectivity index is 1.43. The van der Waals surface area contributed by atoms with Crippen LogP contribution in [-0.2, 0) is 17.7 Å². The van der Waals surface area contributed by atoms with E-state index in [1.54, 1.807) is 0 Å². The maximum atomic E-state index is 12.2. The van der Waals surface area contributed by atoms with Gasteiger partial charge in [-0.1, -0.05) is 24.3 Å². The van der Waals surface area contributed by atoms with Crippen molar-refractivity contribution in [3.05, 3.63) is 46.4 Å². The van der Waals surface area contributed by atoms with Gasteiger partial charge in [0, 0.05) is 12.6 Å². The number of H-pyrrole nitrogens is 1. The van der Waals surface area contributed by atoms with E-state index in [1.807, 2.05) is 16.7 Å². The first-order valence-electron chi connectivity index (χ1n) is 8.41. The normalized spacial score (nSPS) is 23.2. The molecule has 4 rings (SSSR count). The standard InChI is InChI=1S/C18H23N3O2/c1-20(9-3-6-15-7-4-10-23-15)14-11-13-5-2-8-16-17(13)21(12-14)18(22)19-16/h2,4-5,7-8,14-15H,3,6,9-12H2,1H3,(H,19,22)/t14-,15?/m1/s1. The molecule has 5 heteroatoms. The molecule has 122 valence electrons. The second-order valence-electron chi connectivity index (χ2n) is 6.63. The van der Waals surface area contributed by atoms with Crippen molar-refractivity contribution in [1.82, 2.24) is 14.5 Å². The minimum atomic E-state index is 0.00930. The van der Waals surface area contributed by atoms with Crippen LogP contribution in [0.2, 0.25) is 0 Å². The smallest absolute Gasteiger partial charge is 0.326 e. The molecule has 2 aromatic rings. The third-order valence-corrected chi connectivity index (χ3v) is 5.11. The molecule has 2 aliphatic heterocycles. The van der Waals surface area contributed by atoms with Crippen molar-refractivity contribution in [2.45, 2.75) is 38.0 Å². The Hall–Kier alpha value is -1.85. The molecular formula is C18H23N3O2. The summed E-state index contributed by atoms with van der Waals surface area (Å²) >= 11 is 0. The molecule has 0 aliphatic carbocycles. The monoisotopic (exact) mass is 313 g/mol. The highest BCUT2D eigenvalue weighted by molar-refractivity contribution is 5.79. The molecule has 0 saturated carbocycles. The Bertz CT molecular complexity index is 789. The highest BCUT2D eigenvalue weighted by Crippen LogP contribution is 2.24. The molecule has 0 amide bonds. The summed E-state index contributed by atoms with van der Waals surface area (Å²) in [5.41, 5.74) is 3.33. The van der Waals surface area contributed by atoms with Crippen molar-refractivity contribution in [2.75, 3.05) is 20.2 Å². The second kappa shape index (κ2) is 5.98. The maximum absolute atomic E-state index is 12.2. The van der Waals surface area contributed by atoms with Gasteiger partial charge >= 0.3 is 5.69 Å². The molecule has 3 heterocycles. The van der Waals surface area contributed by atoms with Crippen LogP contribution >= 0.6 is 0 Å². The van der Waals surface area contributed by atoms with Gasteiger partial charge in [-0.05, 0) is 44.5 Å². The molecule has 2 aliphatic rings. The lowest BCUT2D eigenvalue weighted by atomic mass is 9.99. The van der Waals surface area contributed by atoms with E-state index < -0.39 is 0 Å². The number of imidazole rings is 1. The van der Waals surface area contributed by atoms with E-state index in [0.29, 0.717) is 12.1 Å². The van der Waals surface area contributed by atoms with E-state index >= 15 is 0 Å². The fourth-order valence-corrected chi connectivity index (χ4v) is 3.80. The number of aromatic nitrogens is 2. The number of nitrogens with one attached hydrogen (secondary N) is 1. The number of hydrogen-bond acceptors (Lipinski definition) is 3. The predicted molar refractivity (Wildman–Crippen MR) is 90.8 cm³/mol. The van der Waals surface area contributed by atoms with Crippen molar-refractivity contribution in [3.8, 4) is 0 Å². The van der Waals surface area contributed by atoms with Gasteiger partial charge in [-0.25, -0.2) is 4.79 Å². The lowest BCUT2D eigenvalue weighted by Crippen LogP contribution is -2.42. The van der Waals surface area contributed by atoms with Gasteiger partial charge in [0.25, 0.3) is 0 Å². The van der Waals surface area contributed by atoms with Crippen LogP contribution in [0.4, 0.5) is 0 Å². The largest absolute Gasteiger partial charge is 0.370 e. The predicted octanol–water partition coefficient (Wildman–Crippen LogP) is 1.92. The highest BCUT2D eigenvalue weighted by Gasteiger charge is 2.25. The van der Waals surface area contributed by atoms with E-state index in [2.05, 4.69) is 35.1 Å². The van der Waals surface area contributed by atoms with Crippen LogP contribution in [0.1, 0.15) is 18.4 Å². The molecule has 1 N–H and O–H groups in total. The number of aromatic amines is 1.